The summed E-state index contributed by atoms with van der Waals surface area (Å²) in [5, 5.41) is 2.84. The second-order valence-electron chi connectivity index (χ2n) is 6.87. The molecule has 0 aromatic heterocycles. The number of alkyl carbamates (subject to hydrolysis) is 1. The topological polar surface area (TPSA) is 38.3 Å². The molecule has 1 N–H and O–H groups in total. The molecule has 0 heterocycles. The van der Waals surface area contributed by atoms with Crippen LogP contribution in [0.25, 0.3) is 0 Å². The summed E-state index contributed by atoms with van der Waals surface area (Å²) in [6.07, 6.45) is 15.3. The van der Waals surface area contributed by atoms with Crippen LogP contribution in [0.4, 0.5) is 4.79 Å². The first kappa shape index (κ1) is 18.8. The second-order valence-corrected chi connectivity index (χ2v) is 6.87. The number of hydrogen-bond acceptors (Lipinski definition) is 2. The van der Waals surface area contributed by atoms with Crippen LogP contribution in [0.3, 0.4) is 0 Å². The van der Waals surface area contributed by atoms with Crippen LogP contribution in [0, 0.1) is 12.3 Å². The van der Waals surface area contributed by atoms with Crippen molar-refractivity contribution < 1.29 is 9.53 Å². The van der Waals surface area contributed by atoms with E-state index in [4.69, 9.17) is 4.74 Å². The standard InChI is InChI=1S/C21H32NO2/c23-21(24-18-20-15-9-5-10-16-20)22-17-11-4-3-8-14-19-12-6-1-2-7-13-19/h5-6,9-10,15-16,19H,1-4,7-8,11-14,17-18H2,(H,22,23). The van der Waals surface area contributed by atoms with E-state index in [0.29, 0.717) is 13.2 Å². The van der Waals surface area contributed by atoms with Crippen LogP contribution in [0.1, 0.15) is 69.8 Å². The SMILES string of the molecule is O=C(NCCCCCCC1C[CH]CCCC1)OCc1ccccc1. The average Bonchev–Trinajstić information content (AvgIpc) is 2.89. The van der Waals surface area contributed by atoms with E-state index in [-0.39, 0.29) is 6.09 Å². The van der Waals surface area contributed by atoms with Crippen molar-refractivity contribution in [3.05, 3.63) is 42.3 Å². The first-order valence-electron chi connectivity index (χ1n) is 9.61. The van der Waals surface area contributed by atoms with E-state index in [2.05, 4.69) is 11.7 Å². The van der Waals surface area contributed by atoms with Crippen molar-refractivity contribution in [2.24, 2.45) is 5.92 Å². The Labute approximate surface area is 147 Å². The minimum Gasteiger partial charge on any atom is -0.445 e. The normalized spacial score (nSPS) is 15.7. The van der Waals surface area contributed by atoms with E-state index in [0.717, 1.165) is 17.9 Å². The van der Waals surface area contributed by atoms with Crippen molar-refractivity contribution in [1.29, 1.82) is 0 Å². The van der Waals surface area contributed by atoms with E-state index >= 15 is 0 Å². The largest absolute Gasteiger partial charge is 0.445 e. The highest BCUT2D eigenvalue weighted by Gasteiger charge is 2.11. The number of carbonyl (C=O) groups is 1. The van der Waals surface area contributed by atoms with Gasteiger partial charge >= 0.3 is 6.09 Å². The minimum atomic E-state index is -0.312. The number of unbranched alkanes of at least 4 members (excludes halogenated alkanes) is 3. The van der Waals surface area contributed by atoms with Gasteiger partial charge in [0, 0.05) is 6.54 Å². The molecule has 0 aliphatic heterocycles. The van der Waals surface area contributed by atoms with Gasteiger partial charge in [0.25, 0.3) is 0 Å². The maximum atomic E-state index is 11.6. The van der Waals surface area contributed by atoms with Gasteiger partial charge in [-0.25, -0.2) is 4.79 Å². The fourth-order valence-electron chi connectivity index (χ4n) is 3.33. The monoisotopic (exact) mass is 330 g/mol. The van der Waals surface area contributed by atoms with E-state index in [1.165, 1.54) is 57.8 Å². The maximum absolute atomic E-state index is 11.6. The Morgan fingerprint density at radius 1 is 1.08 bits per heavy atom. The summed E-state index contributed by atoms with van der Waals surface area (Å²) in [6.45, 7) is 1.05. The van der Waals surface area contributed by atoms with E-state index in [9.17, 15) is 4.79 Å². The molecule has 2 rings (SSSR count). The van der Waals surface area contributed by atoms with Crippen LogP contribution in [-0.4, -0.2) is 12.6 Å². The maximum Gasteiger partial charge on any atom is 0.407 e. The quantitative estimate of drug-likeness (QED) is 0.469. The number of amides is 1. The molecular weight excluding hydrogens is 298 g/mol. The Kier molecular flexibility index (Phi) is 9.36. The van der Waals surface area contributed by atoms with Gasteiger partial charge in [-0.1, -0.05) is 81.7 Å². The van der Waals surface area contributed by atoms with Crippen molar-refractivity contribution in [2.45, 2.75) is 70.8 Å². The molecule has 24 heavy (non-hydrogen) atoms. The summed E-state index contributed by atoms with van der Waals surface area (Å²) >= 11 is 0. The Morgan fingerprint density at radius 2 is 1.92 bits per heavy atom. The Hall–Kier alpha value is -1.51. The number of ether oxygens (including phenoxy) is 1. The summed E-state index contributed by atoms with van der Waals surface area (Å²) in [5.74, 6) is 0.929. The molecule has 0 bridgehead atoms. The molecule has 1 radical (unpaired) electrons. The number of rotatable bonds is 9. The zero-order chi connectivity index (χ0) is 16.9. The molecular formula is C21H32NO2. The molecule has 133 valence electrons. The third kappa shape index (κ3) is 8.37. The van der Waals surface area contributed by atoms with Crippen LogP contribution in [-0.2, 0) is 11.3 Å². The van der Waals surface area contributed by atoms with Crippen LogP contribution >= 0.6 is 0 Å². The van der Waals surface area contributed by atoms with Crippen molar-refractivity contribution in [2.75, 3.05) is 6.54 Å². The van der Waals surface area contributed by atoms with Crippen molar-refractivity contribution >= 4 is 6.09 Å². The van der Waals surface area contributed by atoms with Gasteiger partial charge in [-0.2, -0.15) is 0 Å². The first-order valence-corrected chi connectivity index (χ1v) is 9.61. The van der Waals surface area contributed by atoms with E-state index < -0.39 is 0 Å². The molecule has 3 heteroatoms. The van der Waals surface area contributed by atoms with Gasteiger partial charge in [0.15, 0.2) is 0 Å². The Bertz CT molecular complexity index is 438. The smallest absolute Gasteiger partial charge is 0.407 e. The van der Waals surface area contributed by atoms with Gasteiger partial charge in [-0.3, -0.25) is 0 Å². The van der Waals surface area contributed by atoms with Crippen molar-refractivity contribution in [3.63, 3.8) is 0 Å². The molecule has 3 nitrogen and oxygen atoms in total. The molecule has 0 spiro atoms. The predicted octanol–water partition coefficient (Wildman–Crippen LogP) is 5.65. The third-order valence-corrected chi connectivity index (χ3v) is 4.79. The molecule has 1 atom stereocenters. The predicted molar refractivity (Wildman–Crippen MR) is 98.6 cm³/mol. The molecule has 1 aliphatic rings. The van der Waals surface area contributed by atoms with Gasteiger partial charge < -0.3 is 10.1 Å². The van der Waals surface area contributed by atoms with E-state index in [1.807, 2.05) is 30.3 Å². The highest BCUT2D eigenvalue weighted by atomic mass is 16.5. The highest BCUT2D eigenvalue weighted by molar-refractivity contribution is 5.67. The molecule has 1 fully saturated rings. The van der Waals surface area contributed by atoms with Crippen molar-refractivity contribution in [3.8, 4) is 0 Å². The highest BCUT2D eigenvalue weighted by Crippen LogP contribution is 2.26. The average molecular weight is 330 g/mol. The number of nitrogens with one attached hydrogen (secondary N) is 1. The van der Waals surface area contributed by atoms with Gasteiger partial charge in [0.05, 0.1) is 0 Å². The minimum absolute atomic E-state index is 0.312. The summed E-state index contributed by atoms with van der Waals surface area (Å²) < 4.78 is 5.19. The lowest BCUT2D eigenvalue weighted by Gasteiger charge is -2.13. The van der Waals surface area contributed by atoms with Crippen molar-refractivity contribution in [1.82, 2.24) is 5.32 Å². The lowest BCUT2D eigenvalue weighted by atomic mass is 9.94. The van der Waals surface area contributed by atoms with Crippen LogP contribution in [0.15, 0.2) is 30.3 Å². The molecule has 1 unspecified atom stereocenters. The summed E-state index contributed by atoms with van der Waals surface area (Å²) in [5.41, 5.74) is 1.02. The molecule has 0 saturated heterocycles. The second kappa shape index (κ2) is 11.9. The lowest BCUT2D eigenvalue weighted by molar-refractivity contribution is 0.139. The number of carbonyl (C=O) groups excluding carboxylic acids is 1. The zero-order valence-corrected chi connectivity index (χ0v) is 14.8. The van der Waals surface area contributed by atoms with Gasteiger partial charge in [0.2, 0.25) is 0 Å². The van der Waals surface area contributed by atoms with E-state index in [1.54, 1.807) is 0 Å². The van der Waals surface area contributed by atoms with Gasteiger partial charge in [-0.05, 0) is 30.7 Å². The summed E-state index contributed by atoms with van der Waals surface area (Å²) in [6, 6.07) is 9.77. The Balaban J connectivity index is 1.41. The number of hydrogen-bond donors (Lipinski definition) is 1. The summed E-state index contributed by atoms with van der Waals surface area (Å²) in [4.78, 5) is 11.6. The molecule has 1 saturated carbocycles. The van der Waals surface area contributed by atoms with Crippen LogP contribution in [0.2, 0.25) is 0 Å². The number of benzene rings is 1. The summed E-state index contributed by atoms with van der Waals surface area (Å²) in [7, 11) is 0. The van der Waals surface area contributed by atoms with Gasteiger partial charge in [-0.15, -0.1) is 0 Å². The van der Waals surface area contributed by atoms with Crippen LogP contribution < -0.4 is 5.32 Å². The Morgan fingerprint density at radius 3 is 2.79 bits per heavy atom. The molecule has 1 aliphatic carbocycles. The molecule has 1 amide bonds. The lowest BCUT2D eigenvalue weighted by Crippen LogP contribution is -2.25. The zero-order valence-electron chi connectivity index (χ0n) is 14.8. The molecule has 1 aromatic rings. The third-order valence-electron chi connectivity index (χ3n) is 4.79. The first-order chi connectivity index (χ1) is 11.8. The fraction of sp³-hybridized carbons (Fsp3) is 0.619. The van der Waals surface area contributed by atoms with Crippen LogP contribution in [0.5, 0.6) is 0 Å². The molecule has 1 aromatic carbocycles. The fourth-order valence-corrected chi connectivity index (χ4v) is 3.33. The van der Waals surface area contributed by atoms with Gasteiger partial charge in [0.1, 0.15) is 6.61 Å².